The molecule has 3 aromatic heterocycles. The minimum Gasteiger partial charge on any atom is -0.336 e. The van der Waals surface area contributed by atoms with Gasteiger partial charge in [0.2, 0.25) is 0 Å². The molecule has 0 atom stereocenters. The normalized spacial score (nSPS) is 14.5. The van der Waals surface area contributed by atoms with E-state index in [4.69, 9.17) is 4.52 Å². The Kier molecular flexibility index (Phi) is 2.53. The van der Waals surface area contributed by atoms with Crippen LogP contribution >= 0.6 is 0 Å². The number of aromatic amines is 1. The number of pyridine rings is 1. The van der Waals surface area contributed by atoms with Gasteiger partial charge in [-0.05, 0) is 25.8 Å². The minimum absolute atomic E-state index is 0.222. The summed E-state index contributed by atoms with van der Waals surface area (Å²) in [7, 11) is 0. The molecular weight excluding hydrogens is 270 g/mol. The highest BCUT2D eigenvalue weighted by molar-refractivity contribution is 6.12. The summed E-state index contributed by atoms with van der Waals surface area (Å²) in [5, 5.41) is 13.9. The minimum atomic E-state index is -0.222. The lowest BCUT2D eigenvalue weighted by Crippen LogP contribution is -2.13. The van der Waals surface area contributed by atoms with E-state index in [2.05, 4.69) is 25.7 Å². The molecule has 1 saturated carbocycles. The molecule has 0 aliphatic heterocycles. The van der Waals surface area contributed by atoms with Crippen molar-refractivity contribution in [3.8, 4) is 0 Å². The number of hydrogen-bond acceptors (Lipinski definition) is 5. The van der Waals surface area contributed by atoms with Crippen molar-refractivity contribution >= 4 is 22.8 Å². The zero-order valence-corrected chi connectivity index (χ0v) is 11.4. The summed E-state index contributed by atoms with van der Waals surface area (Å²) in [4.78, 5) is 17.0. The van der Waals surface area contributed by atoms with E-state index in [-0.39, 0.29) is 5.91 Å². The lowest BCUT2D eigenvalue weighted by molar-refractivity contribution is 0.102. The topological polar surface area (TPSA) is 96.7 Å². The molecule has 3 heterocycles. The molecular formula is C14H13N5O2. The van der Waals surface area contributed by atoms with E-state index in [0.29, 0.717) is 34.1 Å². The van der Waals surface area contributed by atoms with E-state index in [0.717, 1.165) is 18.5 Å². The average Bonchev–Trinajstić information content (AvgIpc) is 3.10. The molecule has 2 N–H and O–H groups in total. The second kappa shape index (κ2) is 4.41. The van der Waals surface area contributed by atoms with E-state index in [9.17, 15) is 4.79 Å². The van der Waals surface area contributed by atoms with E-state index < -0.39 is 0 Å². The maximum Gasteiger partial charge on any atom is 0.259 e. The molecule has 0 radical (unpaired) electrons. The van der Waals surface area contributed by atoms with Crippen LogP contribution in [0.3, 0.4) is 0 Å². The van der Waals surface area contributed by atoms with Crippen molar-refractivity contribution in [1.82, 2.24) is 20.3 Å². The Labute approximate surface area is 119 Å². The summed E-state index contributed by atoms with van der Waals surface area (Å²) >= 11 is 0. The van der Waals surface area contributed by atoms with Crippen molar-refractivity contribution in [3.63, 3.8) is 0 Å². The molecule has 0 aromatic carbocycles. The number of aryl methyl sites for hydroxylation is 1. The van der Waals surface area contributed by atoms with Crippen LogP contribution in [0.2, 0.25) is 0 Å². The molecule has 0 saturated heterocycles. The average molecular weight is 283 g/mol. The van der Waals surface area contributed by atoms with Crippen LogP contribution in [0.25, 0.3) is 11.1 Å². The molecule has 1 amide bonds. The number of aromatic nitrogens is 4. The Morgan fingerprint density at radius 1 is 1.48 bits per heavy atom. The number of H-pyrrole nitrogens is 1. The lowest BCUT2D eigenvalue weighted by Gasteiger charge is -2.06. The highest BCUT2D eigenvalue weighted by Crippen LogP contribution is 2.40. The van der Waals surface area contributed by atoms with Crippen molar-refractivity contribution < 1.29 is 9.32 Å². The summed E-state index contributed by atoms with van der Waals surface area (Å²) in [6, 6.07) is 3.54. The molecule has 0 bridgehead atoms. The van der Waals surface area contributed by atoms with Crippen LogP contribution < -0.4 is 5.32 Å². The van der Waals surface area contributed by atoms with E-state index in [1.807, 2.05) is 6.07 Å². The molecule has 4 rings (SSSR count). The number of nitrogens with one attached hydrogen (secondary N) is 2. The van der Waals surface area contributed by atoms with Gasteiger partial charge in [-0.15, -0.1) is 0 Å². The highest BCUT2D eigenvalue weighted by Gasteiger charge is 2.28. The number of rotatable bonds is 3. The van der Waals surface area contributed by atoms with E-state index in [1.165, 1.54) is 0 Å². The zero-order chi connectivity index (χ0) is 14.4. The first kappa shape index (κ1) is 12.1. The number of carbonyl (C=O) groups is 1. The zero-order valence-electron chi connectivity index (χ0n) is 11.4. The van der Waals surface area contributed by atoms with Crippen molar-refractivity contribution in [2.75, 3.05) is 5.32 Å². The fraction of sp³-hybridized carbons (Fsp3) is 0.286. The predicted molar refractivity (Wildman–Crippen MR) is 75.1 cm³/mol. The SMILES string of the molecule is Cc1noc2nc(C3CC3)cc(C(=O)Nc3ccn[nH]3)c12. The number of nitrogens with zero attached hydrogens (tertiary/aromatic N) is 3. The van der Waals surface area contributed by atoms with Gasteiger partial charge in [-0.25, -0.2) is 4.98 Å². The molecule has 3 aromatic rings. The molecule has 7 nitrogen and oxygen atoms in total. The van der Waals surface area contributed by atoms with E-state index >= 15 is 0 Å². The quantitative estimate of drug-likeness (QED) is 0.769. The molecule has 0 spiro atoms. The molecule has 1 fully saturated rings. The standard InChI is InChI=1S/C14H13N5O2/c1-7-12-9(13(20)17-11-4-5-15-18-11)6-10(8-2-3-8)16-14(12)21-19-7/h4-6,8H,2-3H2,1H3,(H2,15,17,18,20). The van der Waals surface area contributed by atoms with Crippen molar-refractivity contribution in [2.45, 2.75) is 25.7 Å². The van der Waals surface area contributed by atoms with Crippen molar-refractivity contribution in [3.05, 3.63) is 35.3 Å². The monoisotopic (exact) mass is 283 g/mol. The third-order valence-corrected chi connectivity index (χ3v) is 3.63. The maximum atomic E-state index is 12.5. The summed E-state index contributed by atoms with van der Waals surface area (Å²) in [6.45, 7) is 1.80. The fourth-order valence-electron chi connectivity index (χ4n) is 2.40. The number of carbonyl (C=O) groups excluding carboxylic acids is 1. The van der Waals surface area contributed by atoms with Crippen LogP contribution in [-0.2, 0) is 0 Å². The Morgan fingerprint density at radius 2 is 2.33 bits per heavy atom. The van der Waals surface area contributed by atoms with Crippen LogP contribution in [0.5, 0.6) is 0 Å². The molecule has 7 heteroatoms. The van der Waals surface area contributed by atoms with Crippen molar-refractivity contribution in [1.29, 1.82) is 0 Å². The summed E-state index contributed by atoms with van der Waals surface area (Å²) in [6.07, 6.45) is 3.79. The number of anilines is 1. The van der Waals surface area contributed by atoms with Crippen LogP contribution in [0.4, 0.5) is 5.82 Å². The molecule has 1 aliphatic carbocycles. The van der Waals surface area contributed by atoms with Crippen LogP contribution in [0.15, 0.2) is 22.9 Å². The first-order chi connectivity index (χ1) is 10.2. The van der Waals surface area contributed by atoms with Crippen LogP contribution in [-0.4, -0.2) is 26.2 Å². The van der Waals surface area contributed by atoms with Gasteiger partial charge >= 0.3 is 0 Å². The number of hydrogen-bond donors (Lipinski definition) is 2. The third kappa shape index (κ3) is 2.06. The largest absolute Gasteiger partial charge is 0.336 e. The highest BCUT2D eigenvalue weighted by atomic mass is 16.5. The van der Waals surface area contributed by atoms with Crippen molar-refractivity contribution in [2.24, 2.45) is 0 Å². The summed E-state index contributed by atoms with van der Waals surface area (Å²) < 4.78 is 5.23. The first-order valence-electron chi connectivity index (χ1n) is 6.80. The smallest absolute Gasteiger partial charge is 0.259 e. The van der Waals surface area contributed by atoms with Gasteiger partial charge < -0.3 is 9.84 Å². The fourth-order valence-corrected chi connectivity index (χ4v) is 2.40. The summed E-state index contributed by atoms with van der Waals surface area (Å²) in [5.41, 5.74) is 2.52. The number of amides is 1. The lowest BCUT2D eigenvalue weighted by atomic mass is 10.1. The third-order valence-electron chi connectivity index (χ3n) is 3.63. The van der Waals surface area contributed by atoms with Gasteiger partial charge in [0.1, 0.15) is 5.82 Å². The molecule has 1 aliphatic rings. The second-order valence-electron chi connectivity index (χ2n) is 5.24. The van der Waals surface area contributed by atoms with Gasteiger partial charge in [0.25, 0.3) is 11.6 Å². The Bertz CT molecular complexity index is 817. The van der Waals surface area contributed by atoms with Gasteiger partial charge in [-0.2, -0.15) is 5.10 Å². The van der Waals surface area contributed by atoms with Gasteiger partial charge in [-0.3, -0.25) is 9.89 Å². The maximum absolute atomic E-state index is 12.5. The van der Waals surface area contributed by atoms with Crippen LogP contribution in [0.1, 0.15) is 40.5 Å². The molecule has 0 unspecified atom stereocenters. The van der Waals surface area contributed by atoms with Gasteiger partial charge in [-0.1, -0.05) is 5.16 Å². The molecule has 21 heavy (non-hydrogen) atoms. The summed E-state index contributed by atoms with van der Waals surface area (Å²) in [5.74, 6) is 0.755. The molecule has 106 valence electrons. The van der Waals surface area contributed by atoms with Crippen LogP contribution in [0, 0.1) is 6.92 Å². The van der Waals surface area contributed by atoms with E-state index in [1.54, 1.807) is 19.2 Å². The Morgan fingerprint density at radius 3 is 3.05 bits per heavy atom. The predicted octanol–water partition coefficient (Wildman–Crippen LogP) is 2.38. The Hall–Kier alpha value is -2.70. The first-order valence-corrected chi connectivity index (χ1v) is 6.80. The second-order valence-corrected chi connectivity index (χ2v) is 5.24. The van der Waals surface area contributed by atoms with Gasteiger partial charge in [0, 0.05) is 17.7 Å². The Balaban J connectivity index is 1.81. The van der Waals surface area contributed by atoms with Gasteiger partial charge in [0.05, 0.1) is 22.8 Å². The van der Waals surface area contributed by atoms with Gasteiger partial charge in [0.15, 0.2) is 0 Å². The number of fused-ring (bicyclic) bond motifs is 1.